The van der Waals surface area contributed by atoms with Gasteiger partial charge in [-0.05, 0) is 58.4 Å². The molecular weight excluding hydrogens is 358 g/mol. The monoisotopic (exact) mass is 385 g/mol. The van der Waals surface area contributed by atoms with E-state index in [2.05, 4.69) is 23.3 Å². The van der Waals surface area contributed by atoms with Gasteiger partial charge in [0.15, 0.2) is 0 Å². The van der Waals surface area contributed by atoms with Gasteiger partial charge >= 0.3 is 0 Å². The molecule has 2 rings (SSSR count). The van der Waals surface area contributed by atoms with E-state index in [1.807, 2.05) is 39.8 Å². The van der Waals surface area contributed by atoms with Crippen LogP contribution in [0, 0.1) is 13.8 Å². The highest BCUT2D eigenvalue weighted by molar-refractivity contribution is 7.99. The quantitative estimate of drug-likeness (QED) is 0.787. The molecular formula is C21H27N3O2S. The number of hydrogen-bond donors (Lipinski definition) is 1. The van der Waals surface area contributed by atoms with Crippen molar-refractivity contribution in [3.8, 4) is 0 Å². The lowest BCUT2D eigenvalue weighted by Crippen LogP contribution is -2.42. The molecule has 1 heterocycles. The lowest BCUT2D eigenvalue weighted by Gasteiger charge is -2.22. The first-order valence-electron chi connectivity index (χ1n) is 9.10. The molecule has 0 radical (unpaired) electrons. The van der Waals surface area contributed by atoms with E-state index >= 15 is 0 Å². The maximum absolute atomic E-state index is 13.0. The summed E-state index contributed by atoms with van der Waals surface area (Å²) < 4.78 is 0. The summed E-state index contributed by atoms with van der Waals surface area (Å²) in [6, 6.07) is 9.77. The smallest absolute Gasteiger partial charge is 0.257 e. The van der Waals surface area contributed by atoms with Crippen molar-refractivity contribution in [3.63, 3.8) is 0 Å². The van der Waals surface area contributed by atoms with Gasteiger partial charge in [0.2, 0.25) is 5.91 Å². The minimum absolute atomic E-state index is 0.0378. The van der Waals surface area contributed by atoms with Crippen LogP contribution in [-0.4, -0.2) is 40.8 Å². The van der Waals surface area contributed by atoms with Crippen LogP contribution in [0.2, 0.25) is 0 Å². The zero-order valence-electron chi connectivity index (χ0n) is 16.6. The van der Waals surface area contributed by atoms with Gasteiger partial charge in [0.05, 0.1) is 12.1 Å². The fraction of sp³-hybridized carbons (Fsp3) is 0.381. The third kappa shape index (κ3) is 5.82. The van der Waals surface area contributed by atoms with Crippen molar-refractivity contribution in [1.29, 1.82) is 0 Å². The van der Waals surface area contributed by atoms with Gasteiger partial charge in [-0.1, -0.05) is 29.5 Å². The van der Waals surface area contributed by atoms with Crippen LogP contribution in [0.3, 0.4) is 0 Å². The van der Waals surface area contributed by atoms with Gasteiger partial charge < -0.3 is 10.2 Å². The second kappa shape index (κ2) is 9.55. The van der Waals surface area contributed by atoms with Gasteiger partial charge in [0, 0.05) is 23.7 Å². The highest BCUT2D eigenvalue weighted by atomic mass is 32.2. The molecule has 0 bridgehead atoms. The zero-order valence-corrected chi connectivity index (χ0v) is 17.4. The third-order valence-corrected chi connectivity index (χ3v) is 5.19. The van der Waals surface area contributed by atoms with Gasteiger partial charge in [-0.25, -0.2) is 4.98 Å². The topological polar surface area (TPSA) is 62.3 Å². The normalized spacial score (nSPS) is 10.7. The van der Waals surface area contributed by atoms with Crippen LogP contribution >= 0.6 is 11.8 Å². The second-order valence-corrected chi connectivity index (χ2v) is 7.80. The van der Waals surface area contributed by atoms with Gasteiger partial charge in [-0.15, -0.1) is 0 Å². The highest BCUT2D eigenvalue weighted by Gasteiger charge is 2.21. The molecule has 1 aromatic heterocycles. The Kier molecular flexibility index (Phi) is 7.42. The number of aromatic nitrogens is 1. The van der Waals surface area contributed by atoms with Crippen LogP contribution in [0.1, 0.15) is 42.3 Å². The van der Waals surface area contributed by atoms with Crippen LogP contribution < -0.4 is 5.32 Å². The molecule has 0 saturated carbocycles. The number of carbonyl (C=O) groups is 2. The van der Waals surface area contributed by atoms with Crippen molar-refractivity contribution in [3.05, 3.63) is 53.2 Å². The molecule has 0 spiro atoms. The van der Waals surface area contributed by atoms with Crippen molar-refractivity contribution in [1.82, 2.24) is 15.2 Å². The molecule has 6 heteroatoms. The lowest BCUT2D eigenvalue weighted by atomic mass is 10.2. The van der Waals surface area contributed by atoms with Crippen LogP contribution in [0.5, 0.6) is 0 Å². The predicted molar refractivity (Wildman–Crippen MR) is 109 cm³/mol. The Morgan fingerprint density at radius 1 is 1.22 bits per heavy atom. The number of nitrogens with one attached hydrogen (secondary N) is 1. The summed E-state index contributed by atoms with van der Waals surface area (Å²) in [7, 11) is 0. The lowest BCUT2D eigenvalue weighted by molar-refractivity contribution is -0.122. The van der Waals surface area contributed by atoms with E-state index in [0.29, 0.717) is 17.1 Å². The summed E-state index contributed by atoms with van der Waals surface area (Å²) >= 11 is 1.48. The molecule has 27 heavy (non-hydrogen) atoms. The number of benzene rings is 1. The van der Waals surface area contributed by atoms with Gasteiger partial charge in [0.25, 0.3) is 5.91 Å². The molecule has 1 aromatic carbocycles. The minimum atomic E-state index is -0.184. The third-order valence-electron chi connectivity index (χ3n) is 3.99. The van der Waals surface area contributed by atoms with Crippen LogP contribution in [-0.2, 0) is 4.79 Å². The van der Waals surface area contributed by atoms with Crippen LogP contribution in [0.15, 0.2) is 46.5 Å². The first-order chi connectivity index (χ1) is 12.8. The Bertz CT molecular complexity index is 821. The molecule has 0 aliphatic rings. The molecule has 5 nitrogen and oxygen atoms in total. The first kappa shape index (κ1) is 21.0. The summed E-state index contributed by atoms with van der Waals surface area (Å²) in [4.78, 5) is 32.1. The Balaban J connectivity index is 2.24. The average molecular weight is 386 g/mol. The largest absolute Gasteiger partial charge is 0.352 e. The number of nitrogens with zero attached hydrogens (tertiary/aromatic N) is 2. The van der Waals surface area contributed by atoms with Crippen LogP contribution in [0.25, 0.3) is 0 Å². The molecule has 2 aromatic rings. The molecule has 0 atom stereocenters. The van der Waals surface area contributed by atoms with Crippen molar-refractivity contribution < 1.29 is 9.59 Å². The van der Waals surface area contributed by atoms with Gasteiger partial charge in [-0.2, -0.15) is 0 Å². The molecule has 0 aliphatic heterocycles. The fourth-order valence-corrected chi connectivity index (χ4v) is 3.63. The molecule has 0 fully saturated rings. The number of aryl methyl sites for hydroxylation is 2. The Hall–Kier alpha value is -2.34. The Morgan fingerprint density at radius 3 is 2.59 bits per heavy atom. The van der Waals surface area contributed by atoms with E-state index < -0.39 is 0 Å². The molecule has 0 aliphatic carbocycles. The number of likely N-dealkylation sites (N-methyl/N-ethyl adjacent to an activating group) is 1. The van der Waals surface area contributed by atoms with Crippen molar-refractivity contribution in [2.75, 3.05) is 13.1 Å². The minimum Gasteiger partial charge on any atom is -0.352 e. The standard InChI is InChI=1S/C21H27N3O2S/c1-6-24(13-19(25)23-14(2)3)21(26)17-8-7-11-22-20(17)27-18-10-9-15(4)12-16(18)5/h7-12,14H,6,13H2,1-5H3,(H,23,25). The highest BCUT2D eigenvalue weighted by Crippen LogP contribution is 2.32. The molecule has 2 amide bonds. The summed E-state index contributed by atoms with van der Waals surface area (Å²) in [5, 5.41) is 3.48. The second-order valence-electron chi connectivity index (χ2n) is 6.77. The number of hydrogen-bond acceptors (Lipinski definition) is 4. The number of amides is 2. The number of pyridine rings is 1. The van der Waals surface area contributed by atoms with E-state index in [0.717, 1.165) is 10.5 Å². The first-order valence-corrected chi connectivity index (χ1v) is 9.92. The molecule has 144 valence electrons. The molecule has 1 N–H and O–H groups in total. The maximum atomic E-state index is 13.0. The van der Waals surface area contributed by atoms with Crippen molar-refractivity contribution in [2.24, 2.45) is 0 Å². The maximum Gasteiger partial charge on any atom is 0.257 e. The van der Waals surface area contributed by atoms with E-state index in [4.69, 9.17) is 0 Å². The summed E-state index contributed by atoms with van der Waals surface area (Å²) in [5.74, 6) is -0.343. The number of rotatable bonds is 7. The summed E-state index contributed by atoms with van der Waals surface area (Å²) in [6.07, 6.45) is 1.68. The predicted octanol–water partition coefficient (Wildman–Crippen LogP) is 3.84. The summed E-state index contributed by atoms with van der Waals surface area (Å²) in [6.45, 7) is 10.3. The number of carbonyl (C=O) groups excluding carboxylic acids is 2. The van der Waals surface area contributed by atoms with E-state index in [-0.39, 0.29) is 24.4 Å². The SMILES string of the molecule is CCN(CC(=O)NC(C)C)C(=O)c1cccnc1Sc1ccc(C)cc1C. The van der Waals surface area contributed by atoms with Crippen molar-refractivity contribution >= 4 is 23.6 Å². The Morgan fingerprint density at radius 2 is 1.96 bits per heavy atom. The van der Waals surface area contributed by atoms with Crippen LogP contribution in [0.4, 0.5) is 0 Å². The fourth-order valence-electron chi connectivity index (χ4n) is 2.69. The average Bonchev–Trinajstić information content (AvgIpc) is 2.61. The van der Waals surface area contributed by atoms with E-state index in [9.17, 15) is 9.59 Å². The summed E-state index contributed by atoms with van der Waals surface area (Å²) in [5.41, 5.74) is 2.86. The van der Waals surface area contributed by atoms with Gasteiger partial charge in [0.1, 0.15) is 5.03 Å². The van der Waals surface area contributed by atoms with E-state index in [1.165, 1.54) is 17.3 Å². The molecule has 0 saturated heterocycles. The zero-order chi connectivity index (χ0) is 20.0. The van der Waals surface area contributed by atoms with Crippen molar-refractivity contribution in [2.45, 2.75) is 50.6 Å². The Labute approximate surface area is 165 Å². The molecule has 0 unspecified atom stereocenters. The van der Waals surface area contributed by atoms with Gasteiger partial charge in [-0.3, -0.25) is 9.59 Å². The van der Waals surface area contributed by atoms with E-state index in [1.54, 1.807) is 23.2 Å².